The van der Waals surface area contributed by atoms with Crippen molar-refractivity contribution in [1.82, 2.24) is 0 Å². The second-order valence-electron chi connectivity index (χ2n) is 4.29. The quantitative estimate of drug-likeness (QED) is 0.740. The summed E-state index contributed by atoms with van der Waals surface area (Å²) in [6.45, 7) is 1.83. The Labute approximate surface area is 125 Å². The van der Waals surface area contributed by atoms with E-state index in [4.69, 9.17) is 5.73 Å². The van der Waals surface area contributed by atoms with Crippen molar-refractivity contribution in [3.63, 3.8) is 0 Å². The molecule has 2 aromatic rings. The molecule has 1 aromatic heterocycles. The smallest absolute Gasteiger partial charge is 0.320 e. The van der Waals surface area contributed by atoms with Gasteiger partial charge < -0.3 is 5.73 Å². The minimum Gasteiger partial charge on any atom is -0.320 e. The first-order valence-corrected chi connectivity index (χ1v) is 7.19. The van der Waals surface area contributed by atoms with Crippen LogP contribution in [0.15, 0.2) is 28.1 Å². The van der Waals surface area contributed by atoms with E-state index in [9.17, 15) is 17.6 Å². The van der Waals surface area contributed by atoms with E-state index in [0.717, 1.165) is 15.4 Å². The molecule has 2 N–H and O–H groups in total. The SMILES string of the molecule is Cc1cc(C(N)c2cccc(C(F)(F)F)c2F)sc1Br. The highest BCUT2D eigenvalue weighted by Crippen LogP contribution is 2.37. The van der Waals surface area contributed by atoms with E-state index < -0.39 is 23.6 Å². The fraction of sp³-hybridized carbons (Fsp3) is 0.231. The summed E-state index contributed by atoms with van der Waals surface area (Å²) in [6.07, 6.45) is -4.73. The van der Waals surface area contributed by atoms with Crippen molar-refractivity contribution in [2.24, 2.45) is 5.73 Å². The third kappa shape index (κ3) is 2.89. The number of rotatable bonds is 2. The van der Waals surface area contributed by atoms with Gasteiger partial charge in [-0.25, -0.2) is 4.39 Å². The highest BCUT2D eigenvalue weighted by Gasteiger charge is 2.35. The molecule has 1 heterocycles. The van der Waals surface area contributed by atoms with E-state index in [0.29, 0.717) is 10.9 Å². The predicted octanol–water partition coefficient (Wildman–Crippen LogP) is 5.03. The maximum Gasteiger partial charge on any atom is 0.419 e. The summed E-state index contributed by atoms with van der Waals surface area (Å²) in [6, 6.07) is 3.96. The number of thiophene rings is 1. The van der Waals surface area contributed by atoms with Gasteiger partial charge in [-0.2, -0.15) is 13.2 Å². The zero-order valence-corrected chi connectivity index (χ0v) is 12.7. The monoisotopic (exact) mass is 367 g/mol. The average molecular weight is 368 g/mol. The number of hydrogen-bond donors (Lipinski definition) is 1. The summed E-state index contributed by atoms with van der Waals surface area (Å²) in [5.74, 6) is -1.31. The molecular formula is C13H10BrF4NS. The molecule has 0 aliphatic carbocycles. The van der Waals surface area contributed by atoms with Gasteiger partial charge in [-0.1, -0.05) is 12.1 Å². The third-order valence-corrected chi connectivity index (χ3v) is 5.07. The van der Waals surface area contributed by atoms with Crippen LogP contribution in [-0.2, 0) is 6.18 Å². The van der Waals surface area contributed by atoms with Crippen LogP contribution in [0.4, 0.5) is 17.6 Å². The second kappa shape index (κ2) is 5.46. The van der Waals surface area contributed by atoms with Crippen LogP contribution in [-0.4, -0.2) is 0 Å². The van der Waals surface area contributed by atoms with E-state index in [1.54, 1.807) is 6.07 Å². The lowest BCUT2D eigenvalue weighted by atomic mass is 10.0. The molecule has 0 spiro atoms. The van der Waals surface area contributed by atoms with E-state index >= 15 is 0 Å². The Kier molecular flexibility index (Phi) is 4.22. The van der Waals surface area contributed by atoms with Crippen molar-refractivity contribution in [1.29, 1.82) is 0 Å². The standard InChI is InChI=1S/C13H10BrF4NS/c1-6-5-9(20-12(6)14)11(19)7-3-2-4-8(10(7)15)13(16,17)18/h2-5,11H,19H2,1H3. The molecule has 7 heteroatoms. The van der Waals surface area contributed by atoms with Crippen LogP contribution >= 0.6 is 27.3 Å². The number of aryl methyl sites for hydroxylation is 1. The lowest BCUT2D eigenvalue weighted by Gasteiger charge is -2.15. The van der Waals surface area contributed by atoms with Crippen LogP contribution in [0.3, 0.4) is 0 Å². The number of alkyl halides is 3. The van der Waals surface area contributed by atoms with E-state index in [1.807, 2.05) is 6.92 Å². The van der Waals surface area contributed by atoms with Gasteiger partial charge in [-0.15, -0.1) is 11.3 Å². The minimum absolute atomic E-state index is 0.159. The summed E-state index contributed by atoms with van der Waals surface area (Å²) in [4.78, 5) is 0.604. The molecule has 0 saturated carbocycles. The van der Waals surface area contributed by atoms with Crippen LogP contribution in [0, 0.1) is 12.7 Å². The molecule has 0 bridgehead atoms. The molecular weight excluding hydrogens is 358 g/mol. The normalized spacial score (nSPS) is 13.6. The number of halogens is 5. The molecule has 1 unspecified atom stereocenters. The minimum atomic E-state index is -4.73. The van der Waals surface area contributed by atoms with Crippen molar-refractivity contribution in [3.05, 3.63) is 55.4 Å². The highest BCUT2D eigenvalue weighted by atomic mass is 79.9. The van der Waals surface area contributed by atoms with Crippen LogP contribution in [0.1, 0.15) is 27.6 Å². The topological polar surface area (TPSA) is 26.0 Å². The fourth-order valence-electron chi connectivity index (χ4n) is 1.80. The number of hydrogen-bond acceptors (Lipinski definition) is 2. The molecule has 0 aliphatic heterocycles. The number of benzene rings is 1. The Balaban J connectivity index is 2.48. The van der Waals surface area contributed by atoms with Crippen molar-refractivity contribution in [3.8, 4) is 0 Å². The van der Waals surface area contributed by atoms with Gasteiger partial charge >= 0.3 is 6.18 Å². The molecule has 2 rings (SSSR count). The Morgan fingerprint density at radius 2 is 1.95 bits per heavy atom. The second-order valence-corrected chi connectivity index (χ2v) is 6.69. The van der Waals surface area contributed by atoms with Crippen molar-refractivity contribution < 1.29 is 17.6 Å². The Morgan fingerprint density at radius 1 is 1.30 bits per heavy atom. The summed E-state index contributed by atoms with van der Waals surface area (Å²) < 4.78 is 52.9. The van der Waals surface area contributed by atoms with Gasteiger partial charge in [0.2, 0.25) is 0 Å². The van der Waals surface area contributed by atoms with Crippen LogP contribution in [0.25, 0.3) is 0 Å². The highest BCUT2D eigenvalue weighted by molar-refractivity contribution is 9.11. The maximum atomic E-state index is 14.0. The zero-order valence-electron chi connectivity index (χ0n) is 10.3. The van der Waals surface area contributed by atoms with Gasteiger partial charge in [-0.05, 0) is 40.5 Å². The first-order chi connectivity index (χ1) is 9.21. The van der Waals surface area contributed by atoms with Gasteiger partial charge in [0, 0.05) is 10.4 Å². The number of nitrogens with two attached hydrogens (primary N) is 1. The summed E-state index contributed by atoms with van der Waals surface area (Å²) in [5.41, 5.74) is 5.35. The van der Waals surface area contributed by atoms with Gasteiger partial charge in [0.05, 0.1) is 15.4 Å². The lowest BCUT2D eigenvalue weighted by molar-refractivity contribution is -0.140. The largest absolute Gasteiger partial charge is 0.419 e. The van der Waals surface area contributed by atoms with Crippen molar-refractivity contribution in [2.45, 2.75) is 19.1 Å². The van der Waals surface area contributed by atoms with Gasteiger partial charge in [0.1, 0.15) is 5.82 Å². The summed E-state index contributed by atoms with van der Waals surface area (Å²) in [5, 5.41) is 0. The molecule has 0 aliphatic rings. The van der Waals surface area contributed by atoms with E-state index in [-0.39, 0.29) is 5.56 Å². The molecule has 1 atom stereocenters. The average Bonchev–Trinajstić information content (AvgIpc) is 2.67. The van der Waals surface area contributed by atoms with Gasteiger partial charge in [0.25, 0.3) is 0 Å². The van der Waals surface area contributed by atoms with Crippen molar-refractivity contribution in [2.75, 3.05) is 0 Å². The maximum absolute atomic E-state index is 14.0. The first-order valence-electron chi connectivity index (χ1n) is 5.59. The van der Waals surface area contributed by atoms with E-state index in [2.05, 4.69) is 15.9 Å². The van der Waals surface area contributed by atoms with Crippen LogP contribution < -0.4 is 5.73 Å². The van der Waals surface area contributed by atoms with Gasteiger partial charge in [-0.3, -0.25) is 0 Å². The lowest BCUT2D eigenvalue weighted by Crippen LogP contribution is -2.16. The molecule has 108 valence electrons. The molecule has 0 fully saturated rings. The summed E-state index contributed by atoms with van der Waals surface area (Å²) in [7, 11) is 0. The first kappa shape index (κ1) is 15.5. The van der Waals surface area contributed by atoms with Gasteiger partial charge in [0.15, 0.2) is 0 Å². The zero-order chi connectivity index (χ0) is 15.1. The predicted molar refractivity (Wildman–Crippen MR) is 74.2 cm³/mol. The van der Waals surface area contributed by atoms with E-state index in [1.165, 1.54) is 17.4 Å². The molecule has 0 radical (unpaired) electrons. The summed E-state index contributed by atoms with van der Waals surface area (Å²) >= 11 is 4.59. The molecule has 0 amide bonds. The Morgan fingerprint density at radius 3 is 2.45 bits per heavy atom. The third-order valence-electron chi connectivity index (χ3n) is 2.85. The Hall–Kier alpha value is -0.920. The Bertz CT molecular complexity index is 616. The van der Waals surface area contributed by atoms with Crippen LogP contribution in [0.2, 0.25) is 0 Å². The molecule has 1 nitrogen and oxygen atoms in total. The fourth-order valence-corrected chi connectivity index (χ4v) is 3.39. The molecule has 1 aromatic carbocycles. The van der Waals surface area contributed by atoms with Crippen LogP contribution in [0.5, 0.6) is 0 Å². The molecule has 0 saturated heterocycles. The molecule has 20 heavy (non-hydrogen) atoms. The van der Waals surface area contributed by atoms with Crippen molar-refractivity contribution >= 4 is 27.3 Å².